The van der Waals surface area contributed by atoms with Crippen molar-refractivity contribution < 1.29 is 0 Å². The zero-order chi connectivity index (χ0) is 7.35. The summed E-state index contributed by atoms with van der Waals surface area (Å²) in [6.45, 7) is 4.67. The van der Waals surface area contributed by atoms with E-state index in [9.17, 15) is 0 Å². The number of fused-ring (bicyclic) bond motifs is 2. The molecule has 2 bridgehead atoms. The van der Waals surface area contributed by atoms with Crippen LogP contribution in [-0.2, 0) is 0 Å². The third-order valence-electron chi connectivity index (χ3n) is 3.89. The maximum Gasteiger partial charge on any atom is 0.0121 e. The fraction of sp³-hybridized carbons (Fsp3) is 1.00. The maximum atomic E-state index is 6.10. The lowest BCUT2D eigenvalue weighted by molar-refractivity contribution is 0.181. The minimum absolute atomic E-state index is 0.447. The van der Waals surface area contributed by atoms with E-state index in [0.29, 0.717) is 11.5 Å². The highest BCUT2D eigenvalue weighted by atomic mass is 14.8. The molecule has 0 radical (unpaired) electrons. The molecular formula is C9H17N. The first-order chi connectivity index (χ1) is 4.62. The highest BCUT2D eigenvalue weighted by Crippen LogP contribution is 2.54. The zero-order valence-electron chi connectivity index (χ0n) is 6.93. The summed E-state index contributed by atoms with van der Waals surface area (Å²) in [6.07, 6.45) is 4.24. The van der Waals surface area contributed by atoms with Gasteiger partial charge in [0.15, 0.2) is 0 Å². The van der Waals surface area contributed by atoms with Gasteiger partial charge in [0, 0.05) is 6.04 Å². The quantitative estimate of drug-likeness (QED) is 0.544. The molecule has 0 aromatic rings. The van der Waals surface area contributed by atoms with Gasteiger partial charge in [-0.25, -0.2) is 0 Å². The second kappa shape index (κ2) is 1.76. The van der Waals surface area contributed by atoms with Crippen molar-refractivity contribution in [3.63, 3.8) is 0 Å². The van der Waals surface area contributed by atoms with E-state index >= 15 is 0 Å². The van der Waals surface area contributed by atoms with Gasteiger partial charge in [0.1, 0.15) is 0 Å². The molecule has 0 aromatic heterocycles. The lowest BCUT2D eigenvalue weighted by Crippen LogP contribution is -2.42. The van der Waals surface area contributed by atoms with E-state index in [4.69, 9.17) is 5.73 Å². The first kappa shape index (κ1) is 6.66. The van der Waals surface area contributed by atoms with Gasteiger partial charge in [-0.1, -0.05) is 13.8 Å². The SMILES string of the molecule is CC1(C)C2CCC(C2)C1N. The van der Waals surface area contributed by atoms with Crippen molar-refractivity contribution in [1.82, 2.24) is 0 Å². The van der Waals surface area contributed by atoms with Crippen LogP contribution in [-0.4, -0.2) is 6.04 Å². The summed E-state index contributed by atoms with van der Waals surface area (Å²) in [5, 5.41) is 0. The second-order valence-corrected chi connectivity index (χ2v) is 4.62. The van der Waals surface area contributed by atoms with Gasteiger partial charge in [-0.05, 0) is 36.5 Å². The van der Waals surface area contributed by atoms with Gasteiger partial charge in [0.2, 0.25) is 0 Å². The smallest absolute Gasteiger partial charge is 0.0121 e. The highest BCUT2D eigenvalue weighted by Gasteiger charge is 2.50. The van der Waals surface area contributed by atoms with Crippen LogP contribution in [0.1, 0.15) is 33.1 Å². The normalized spacial score (nSPS) is 50.1. The molecule has 10 heavy (non-hydrogen) atoms. The van der Waals surface area contributed by atoms with Gasteiger partial charge < -0.3 is 5.73 Å². The Bertz CT molecular complexity index is 147. The van der Waals surface area contributed by atoms with Gasteiger partial charge in [-0.2, -0.15) is 0 Å². The Balaban J connectivity index is 2.25. The van der Waals surface area contributed by atoms with Crippen LogP contribution in [0, 0.1) is 17.3 Å². The Morgan fingerprint density at radius 3 is 2.30 bits per heavy atom. The lowest BCUT2D eigenvalue weighted by atomic mass is 9.73. The third-order valence-corrected chi connectivity index (χ3v) is 3.89. The number of hydrogen-bond donors (Lipinski definition) is 1. The van der Waals surface area contributed by atoms with E-state index in [-0.39, 0.29) is 0 Å². The fourth-order valence-electron chi connectivity index (χ4n) is 2.90. The molecule has 3 atom stereocenters. The molecule has 58 valence electrons. The monoisotopic (exact) mass is 139 g/mol. The molecule has 1 heteroatoms. The Morgan fingerprint density at radius 2 is 2.00 bits per heavy atom. The van der Waals surface area contributed by atoms with Crippen molar-refractivity contribution in [2.45, 2.75) is 39.2 Å². The van der Waals surface area contributed by atoms with Crippen LogP contribution in [0.5, 0.6) is 0 Å². The summed E-state index contributed by atoms with van der Waals surface area (Å²) in [6, 6.07) is 0.492. The summed E-state index contributed by atoms with van der Waals surface area (Å²) in [5.41, 5.74) is 6.55. The van der Waals surface area contributed by atoms with E-state index in [1.807, 2.05) is 0 Å². The van der Waals surface area contributed by atoms with Crippen LogP contribution >= 0.6 is 0 Å². The zero-order valence-corrected chi connectivity index (χ0v) is 6.93. The van der Waals surface area contributed by atoms with E-state index in [1.54, 1.807) is 0 Å². The van der Waals surface area contributed by atoms with Crippen LogP contribution in [0.3, 0.4) is 0 Å². The predicted octanol–water partition coefficient (Wildman–Crippen LogP) is 1.77. The van der Waals surface area contributed by atoms with Crippen molar-refractivity contribution in [2.24, 2.45) is 23.0 Å². The van der Waals surface area contributed by atoms with Gasteiger partial charge >= 0.3 is 0 Å². The molecule has 0 amide bonds. The van der Waals surface area contributed by atoms with Gasteiger partial charge in [0.05, 0.1) is 0 Å². The summed E-state index contributed by atoms with van der Waals surface area (Å²) >= 11 is 0. The molecule has 1 nitrogen and oxygen atoms in total. The molecule has 2 aliphatic rings. The van der Waals surface area contributed by atoms with Crippen LogP contribution in [0.2, 0.25) is 0 Å². The van der Waals surface area contributed by atoms with E-state index in [1.165, 1.54) is 19.3 Å². The molecule has 2 aliphatic carbocycles. The van der Waals surface area contributed by atoms with Crippen molar-refractivity contribution >= 4 is 0 Å². The predicted molar refractivity (Wildman–Crippen MR) is 42.6 cm³/mol. The molecule has 0 aliphatic heterocycles. The average molecular weight is 139 g/mol. The molecule has 2 saturated carbocycles. The molecule has 2 fully saturated rings. The molecule has 2 N–H and O–H groups in total. The molecule has 3 unspecified atom stereocenters. The largest absolute Gasteiger partial charge is 0.327 e. The summed E-state index contributed by atoms with van der Waals surface area (Å²) in [5.74, 6) is 1.80. The van der Waals surface area contributed by atoms with Crippen molar-refractivity contribution in [1.29, 1.82) is 0 Å². The van der Waals surface area contributed by atoms with E-state index in [2.05, 4.69) is 13.8 Å². The summed E-state index contributed by atoms with van der Waals surface area (Å²) in [7, 11) is 0. The van der Waals surface area contributed by atoms with Gasteiger partial charge in [-0.15, -0.1) is 0 Å². The van der Waals surface area contributed by atoms with Crippen molar-refractivity contribution in [3.05, 3.63) is 0 Å². The second-order valence-electron chi connectivity index (χ2n) is 4.62. The van der Waals surface area contributed by atoms with Crippen molar-refractivity contribution in [3.8, 4) is 0 Å². The first-order valence-electron chi connectivity index (χ1n) is 4.38. The minimum atomic E-state index is 0.447. The van der Waals surface area contributed by atoms with Crippen LogP contribution in [0.4, 0.5) is 0 Å². The molecule has 2 rings (SSSR count). The molecule has 0 saturated heterocycles. The van der Waals surface area contributed by atoms with Crippen LogP contribution in [0.25, 0.3) is 0 Å². The lowest BCUT2D eigenvalue weighted by Gasteiger charge is -2.35. The van der Waals surface area contributed by atoms with Gasteiger partial charge in [0.25, 0.3) is 0 Å². The number of hydrogen-bond acceptors (Lipinski definition) is 1. The van der Waals surface area contributed by atoms with E-state index in [0.717, 1.165) is 11.8 Å². The van der Waals surface area contributed by atoms with Crippen LogP contribution < -0.4 is 5.73 Å². The first-order valence-corrected chi connectivity index (χ1v) is 4.38. The maximum absolute atomic E-state index is 6.10. The van der Waals surface area contributed by atoms with Gasteiger partial charge in [-0.3, -0.25) is 0 Å². The van der Waals surface area contributed by atoms with Crippen LogP contribution in [0.15, 0.2) is 0 Å². The number of rotatable bonds is 0. The summed E-state index contributed by atoms with van der Waals surface area (Å²) in [4.78, 5) is 0. The Hall–Kier alpha value is -0.0400. The Labute approximate surface area is 63.0 Å². The summed E-state index contributed by atoms with van der Waals surface area (Å²) < 4.78 is 0. The third kappa shape index (κ3) is 0.619. The topological polar surface area (TPSA) is 26.0 Å². The molecule has 0 spiro atoms. The van der Waals surface area contributed by atoms with E-state index < -0.39 is 0 Å². The highest BCUT2D eigenvalue weighted by molar-refractivity contribution is 5.04. The fourth-order valence-corrected chi connectivity index (χ4v) is 2.90. The molecule has 0 aromatic carbocycles. The standard InChI is InChI=1S/C9H17N/c1-9(2)7-4-3-6(5-7)8(9)10/h6-8H,3-5,10H2,1-2H3. The molecular weight excluding hydrogens is 122 g/mol. The minimum Gasteiger partial charge on any atom is -0.327 e. The Kier molecular flexibility index (Phi) is 1.17. The number of nitrogens with two attached hydrogens (primary N) is 1. The van der Waals surface area contributed by atoms with Crippen molar-refractivity contribution in [2.75, 3.05) is 0 Å². The molecule has 0 heterocycles. The average Bonchev–Trinajstić information content (AvgIpc) is 2.37. The Morgan fingerprint density at radius 1 is 1.30 bits per heavy atom.